The van der Waals surface area contributed by atoms with Crippen LogP contribution in [0.5, 0.6) is 0 Å². The molecule has 1 aromatic heterocycles. The van der Waals surface area contributed by atoms with Crippen LogP contribution in [0.4, 0.5) is 11.8 Å². The van der Waals surface area contributed by atoms with E-state index in [1.807, 2.05) is 20.2 Å². The molecule has 1 fully saturated rings. The topological polar surface area (TPSA) is 53.1 Å². The lowest BCUT2D eigenvalue weighted by Gasteiger charge is -2.30. The van der Waals surface area contributed by atoms with Gasteiger partial charge in [-0.05, 0) is 69.2 Å². The molecule has 0 spiro atoms. The van der Waals surface area contributed by atoms with Gasteiger partial charge in [-0.25, -0.2) is 4.98 Å². The number of nitrogens with zero attached hydrogens (tertiary/aromatic N) is 3. The third-order valence-electron chi connectivity index (χ3n) is 7.74. The van der Waals surface area contributed by atoms with Gasteiger partial charge in [0.05, 0.1) is 5.52 Å². The number of hydrogen-bond donors (Lipinski definition) is 2. The van der Waals surface area contributed by atoms with Gasteiger partial charge < -0.3 is 15.5 Å². The molecule has 200 valence electrons. The molecule has 5 heteroatoms. The molecule has 0 amide bonds. The molecule has 0 unspecified atom stereocenters. The van der Waals surface area contributed by atoms with Gasteiger partial charge in [-0.1, -0.05) is 81.0 Å². The Morgan fingerprint density at radius 1 is 0.703 bits per heavy atom. The molecule has 0 bridgehead atoms. The van der Waals surface area contributed by atoms with Gasteiger partial charge in [-0.3, -0.25) is 0 Å². The first-order chi connectivity index (χ1) is 18.2. The maximum atomic E-state index is 4.82. The predicted molar refractivity (Wildman–Crippen MR) is 159 cm³/mol. The SMILES string of the molecule is CN(C)c1nc(N[C@H]2CC[C@@H](NCCCCCCCCCCc3ccccc3)CC2)nc2ccccc12. The fraction of sp³-hybridized carbons (Fsp3) is 0.562. The molecule has 4 rings (SSSR count). The molecule has 3 aromatic rings. The average Bonchev–Trinajstić information content (AvgIpc) is 2.92. The second-order valence-electron chi connectivity index (χ2n) is 11.0. The molecule has 1 aliphatic rings. The first-order valence-electron chi connectivity index (χ1n) is 14.7. The fourth-order valence-corrected chi connectivity index (χ4v) is 5.56. The number of anilines is 2. The summed E-state index contributed by atoms with van der Waals surface area (Å²) in [6, 6.07) is 20.3. The zero-order chi connectivity index (χ0) is 25.7. The van der Waals surface area contributed by atoms with Gasteiger partial charge >= 0.3 is 0 Å². The molecule has 0 saturated heterocycles. The molecule has 2 N–H and O–H groups in total. The van der Waals surface area contributed by atoms with Crippen molar-refractivity contribution in [2.45, 2.75) is 95.6 Å². The van der Waals surface area contributed by atoms with Crippen molar-refractivity contribution in [3.8, 4) is 0 Å². The zero-order valence-corrected chi connectivity index (χ0v) is 23.1. The summed E-state index contributed by atoms with van der Waals surface area (Å²) in [5.74, 6) is 1.74. The number of hydrogen-bond acceptors (Lipinski definition) is 5. The van der Waals surface area contributed by atoms with E-state index in [-0.39, 0.29) is 0 Å². The van der Waals surface area contributed by atoms with Gasteiger partial charge in [0.25, 0.3) is 0 Å². The van der Waals surface area contributed by atoms with Crippen LogP contribution in [0.25, 0.3) is 10.9 Å². The third kappa shape index (κ3) is 8.99. The number of aromatic nitrogens is 2. The van der Waals surface area contributed by atoms with Crippen LogP contribution in [0.15, 0.2) is 54.6 Å². The molecule has 1 aliphatic carbocycles. The van der Waals surface area contributed by atoms with Gasteiger partial charge in [0, 0.05) is 31.6 Å². The van der Waals surface area contributed by atoms with Crippen LogP contribution in [0.2, 0.25) is 0 Å². The Hall–Kier alpha value is -2.66. The van der Waals surface area contributed by atoms with E-state index >= 15 is 0 Å². The lowest BCUT2D eigenvalue weighted by Crippen LogP contribution is -2.37. The Bertz CT molecular complexity index is 1040. The highest BCUT2D eigenvalue weighted by Gasteiger charge is 2.21. The lowest BCUT2D eigenvalue weighted by atomic mass is 9.91. The predicted octanol–water partition coefficient (Wildman–Crippen LogP) is 7.37. The van der Waals surface area contributed by atoms with Gasteiger partial charge in [0.1, 0.15) is 5.82 Å². The summed E-state index contributed by atoms with van der Waals surface area (Å²) in [6.45, 7) is 1.17. The molecular formula is C32H47N5. The van der Waals surface area contributed by atoms with E-state index in [0.29, 0.717) is 12.1 Å². The van der Waals surface area contributed by atoms with Crippen molar-refractivity contribution >= 4 is 22.7 Å². The van der Waals surface area contributed by atoms with E-state index in [1.54, 1.807) is 0 Å². The van der Waals surface area contributed by atoms with Crippen LogP contribution in [0, 0.1) is 0 Å². The summed E-state index contributed by atoms with van der Waals surface area (Å²) in [4.78, 5) is 11.7. The van der Waals surface area contributed by atoms with Crippen LogP contribution in [0.3, 0.4) is 0 Å². The minimum Gasteiger partial charge on any atom is -0.362 e. The summed E-state index contributed by atoms with van der Waals surface area (Å²) >= 11 is 0. The Kier molecular flexibility index (Phi) is 11.0. The molecule has 0 atom stereocenters. The van der Waals surface area contributed by atoms with Crippen LogP contribution in [0.1, 0.15) is 82.6 Å². The van der Waals surface area contributed by atoms with Crippen LogP contribution < -0.4 is 15.5 Å². The Labute approximate surface area is 224 Å². The normalized spacial score (nSPS) is 17.7. The van der Waals surface area contributed by atoms with Gasteiger partial charge in [-0.15, -0.1) is 0 Å². The zero-order valence-electron chi connectivity index (χ0n) is 23.1. The van der Waals surface area contributed by atoms with Crippen molar-refractivity contribution in [3.63, 3.8) is 0 Å². The largest absolute Gasteiger partial charge is 0.362 e. The maximum absolute atomic E-state index is 4.82. The van der Waals surface area contributed by atoms with Crippen LogP contribution in [-0.2, 0) is 6.42 Å². The number of aryl methyl sites for hydroxylation is 1. The highest BCUT2D eigenvalue weighted by atomic mass is 15.2. The average molecular weight is 502 g/mol. The van der Waals surface area contributed by atoms with E-state index in [4.69, 9.17) is 9.97 Å². The highest BCUT2D eigenvalue weighted by Crippen LogP contribution is 2.26. The monoisotopic (exact) mass is 501 g/mol. The third-order valence-corrected chi connectivity index (χ3v) is 7.74. The molecule has 2 aromatic carbocycles. The van der Waals surface area contributed by atoms with E-state index in [2.05, 4.69) is 64.1 Å². The molecular weight excluding hydrogens is 454 g/mol. The summed E-state index contributed by atoms with van der Waals surface area (Å²) < 4.78 is 0. The summed E-state index contributed by atoms with van der Waals surface area (Å²) in [7, 11) is 4.09. The summed E-state index contributed by atoms with van der Waals surface area (Å²) in [5.41, 5.74) is 2.49. The number of fused-ring (bicyclic) bond motifs is 1. The van der Waals surface area contributed by atoms with Crippen molar-refractivity contribution in [2.75, 3.05) is 30.9 Å². The van der Waals surface area contributed by atoms with E-state index in [9.17, 15) is 0 Å². The first kappa shape index (κ1) is 27.4. The fourth-order valence-electron chi connectivity index (χ4n) is 5.56. The minimum absolute atomic E-state index is 0.460. The smallest absolute Gasteiger partial charge is 0.225 e. The molecule has 1 heterocycles. The lowest BCUT2D eigenvalue weighted by molar-refractivity contribution is 0.350. The molecule has 5 nitrogen and oxygen atoms in total. The highest BCUT2D eigenvalue weighted by molar-refractivity contribution is 5.90. The van der Waals surface area contributed by atoms with Crippen molar-refractivity contribution in [1.29, 1.82) is 0 Å². The summed E-state index contributed by atoms with van der Waals surface area (Å²) in [5, 5.41) is 8.55. The number of rotatable bonds is 15. The molecule has 0 radical (unpaired) electrons. The van der Waals surface area contributed by atoms with Crippen molar-refractivity contribution < 1.29 is 0 Å². The van der Waals surface area contributed by atoms with E-state index in [1.165, 1.54) is 95.6 Å². The van der Waals surface area contributed by atoms with Crippen molar-refractivity contribution in [1.82, 2.24) is 15.3 Å². The number of benzene rings is 2. The Morgan fingerprint density at radius 2 is 1.32 bits per heavy atom. The Balaban J connectivity index is 1.03. The van der Waals surface area contributed by atoms with Gasteiger partial charge in [0.2, 0.25) is 5.95 Å². The maximum Gasteiger partial charge on any atom is 0.225 e. The van der Waals surface area contributed by atoms with E-state index in [0.717, 1.165) is 22.7 Å². The van der Waals surface area contributed by atoms with E-state index < -0.39 is 0 Å². The van der Waals surface area contributed by atoms with Gasteiger partial charge in [-0.2, -0.15) is 4.98 Å². The molecule has 0 aliphatic heterocycles. The Morgan fingerprint density at radius 3 is 2.05 bits per heavy atom. The van der Waals surface area contributed by atoms with Crippen LogP contribution >= 0.6 is 0 Å². The number of para-hydroxylation sites is 1. The summed E-state index contributed by atoms with van der Waals surface area (Å²) in [6.07, 6.45) is 17.0. The molecule has 1 saturated carbocycles. The van der Waals surface area contributed by atoms with Crippen molar-refractivity contribution in [3.05, 3.63) is 60.2 Å². The number of nitrogens with one attached hydrogen (secondary N) is 2. The van der Waals surface area contributed by atoms with Crippen LogP contribution in [-0.4, -0.2) is 42.7 Å². The standard InChI is InChI=1S/C32H47N5/c1-37(2)31-29-19-13-14-20-30(29)35-32(36-31)34-28-23-21-27(22-24-28)33-25-15-8-6-4-3-5-7-10-16-26-17-11-9-12-18-26/h9,11-14,17-20,27-28,33H,3-8,10,15-16,21-25H2,1-2H3,(H,34,35,36)/t27-,28+. The second kappa shape index (κ2) is 14.9. The molecule has 37 heavy (non-hydrogen) atoms. The quantitative estimate of drug-likeness (QED) is 0.213. The number of unbranched alkanes of at least 4 members (excludes halogenated alkanes) is 7. The van der Waals surface area contributed by atoms with Gasteiger partial charge in [0.15, 0.2) is 0 Å². The second-order valence-corrected chi connectivity index (χ2v) is 11.0. The first-order valence-corrected chi connectivity index (χ1v) is 14.7. The minimum atomic E-state index is 0.460. The van der Waals surface area contributed by atoms with Crippen molar-refractivity contribution in [2.24, 2.45) is 0 Å².